The maximum absolute atomic E-state index is 12.8. The highest BCUT2D eigenvalue weighted by atomic mass is 32.1. The van der Waals surface area contributed by atoms with Crippen LogP contribution in [-0.2, 0) is 0 Å². The van der Waals surface area contributed by atoms with Gasteiger partial charge in [0.1, 0.15) is 16.3 Å². The van der Waals surface area contributed by atoms with Crippen LogP contribution in [0.1, 0.15) is 9.67 Å². The number of rotatable bonds is 4. The number of amides is 1. The molecule has 8 heteroatoms. The van der Waals surface area contributed by atoms with Gasteiger partial charge in [-0.05, 0) is 35.2 Å². The van der Waals surface area contributed by atoms with Gasteiger partial charge >= 0.3 is 0 Å². The van der Waals surface area contributed by atoms with E-state index < -0.39 is 0 Å². The molecule has 0 atom stereocenters. The smallest absolute Gasteiger partial charge is 0.264 e. The zero-order valence-electron chi connectivity index (χ0n) is 18.3. The Kier molecular flexibility index (Phi) is 5.52. The first-order chi connectivity index (χ1) is 16.8. The molecule has 1 saturated heterocycles. The third-order valence-corrected chi connectivity index (χ3v) is 7.86. The number of nitrogens with zero attached hydrogens (tertiary/aromatic N) is 5. The SMILES string of the molecule is O=C(c1cccs1)N1CCN(c2nc(-c3ccccn3)nc3sc(-c4ccccc4)cc23)CC1. The third-order valence-electron chi connectivity index (χ3n) is 5.92. The van der Waals surface area contributed by atoms with Crippen LogP contribution in [0.25, 0.3) is 32.2 Å². The van der Waals surface area contributed by atoms with E-state index in [2.05, 4.69) is 40.2 Å². The zero-order valence-corrected chi connectivity index (χ0v) is 19.9. The molecule has 1 aliphatic heterocycles. The van der Waals surface area contributed by atoms with Gasteiger partial charge < -0.3 is 9.80 Å². The van der Waals surface area contributed by atoms with E-state index in [-0.39, 0.29) is 5.91 Å². The van der Waals surface area contributed by atoms with Crippen LogP contribution in [0, 0.1) is 0 Å². The fraction of sp³-hybridized carbons (Fsp3) is 0.154. The standard InChI is InChI=1S/C26H21N5OS2/c32-26(21-10-6-16-33-21)31-14-12-30(13-15-31)24-19-17-22(18-7-2-1-3-8-18)34-25(19)29-23(28-24)20-9-4-5-11-27-20/h1-11,16-17H,12-15H2. The van der Waals surface area contributed by atoms with Crippen LogP contribution < -0.4 is 4.90 Å². The van der Waals surface area contributed by atoms with Crippen molar-refractivity contribution >= 4 is 44.6 Å². The van der Waals surface area contributed by atoms with Crippen LogP contribution in [0.5, 0.6) is 0 Å². The molecule has 1 fully saturated rings. The maximum atomic E-state index is 12.8. The van der Waals surface area contributed by atoms with E-state index >= 15 is 0 Å². The molecule has 0 unspecified atom stereocenters. The number of benzene rings is 1. The molecule has 0 aliphatic carbocycles. The summed E-state index contributed by atoms with van der Waals surface area (Å²) in [6, 6.07) is 22.2. The predicted molar refractivity (Wildman–Crippen MR) is 139 cm³/mol. The summed E-state index contributed by atoms with van der Waals surface area (Å²) in [7, 11) is 0. The first-order valence-electron chi connectivity index (χ1n) is 11.1. The number of fused-ring (bicyclic) bond motifs is 1. The average Bonchev–Trinajstić information content (AvgIpc) is 3.59. The maximum Gasteiger partial charge on any atom is 0.264 e. The predicted octanol–water partition coefficient (Wildman–Crippen LogP) is 5.44. The average molecular weight is 484 g/mol. The molecule has 6 rings (SSSR count). The zero-order chi connectivity index (χ0) is 22.9. The summed E-state index contributed by atoms with van der Waals surface area (Å²) in [5.41, 5.74) is 1.93. The van der Waals surface area contributed by atoms with Crippen molar-refractivity contribution in [3.63, 3.8) is 0 Å². The van der Waals surface area contributed by atoms with E-state index in [1.165, 1.54) is 16.9 Å². The van der Waals surface area contributed by atoms with Crippen LogP contribution >= 0.6 is 22.7 Å². The Morgan fingerprint density at radius 1 is 0.882 bits per heavy atom. The van der Waals surface area contributed by atoms with Gasteiger partial charge in [0.2, 0.25) is 0 Å². The van der Waals surface area contributed by atoms with Crippen molar-refractivity contribution in [1.29, 1.82) is 0 Å². The summed E-state index contributed by atoms with van der Waals surface area (Å²) in [6.45, 7) is 2.77. The first kappa shape index (κ1) is 20.9. The minimum atomic E-state index is 0.110. The molecule has 168 valence electrons. The lowest BCUT2D eigenvalue weighted by atomic mass is 10.1. The number of piperazine rings is 1. The van der Waals surface area contributed by atoms with Crippen molar-refractivity contribution in [2.24, 2.45) is 0 Å². The van der Waals surface area contributed by atoms with E-state index in [0.717, 1.165) is 44.6 Å². The summed E-state index contributed by atoms with van der Waals surface area (Å²) < 4.78 is 0. The van der Waals surface area contributed by atoms with Crippen LogP contribution in [-0.4, -0.2) is 51.9 Å². The number of thiophene rings is 2. The van der Waals surface area contributed by atoms with Gasteiger partial charge in [-0.15, -0.1) is 22.7 Å². The summed E-state index contributed by atoms with van der Waals surface area (Å²) in [5, 5.41) is 2.99. The van der Waals surface area contributed by atoms with Gasteiger partial charge in [-0.25, -0.2) is 9.97 Å². The number of hydrogen-bond donors (Lipinski definition) is 0. The van der Waals surface area contributed by atoms with Gasteiger partial charge in [0.15, 0.2) is 5.82 Å². The minimum Gasteiger partial charge on any atom is -0.352 e. The van der Waals surface area contributed by atoms with Crippen molar-refractivity contribution < 1.29 is 4.79 Å². The van der Waals surface area contributed by atoms with E-state index in [4.69, 9.17) is 9.97 Å². The van der Waals surface area contributed by atoms with Gasteiger partial charge in [0.25, 0.3) is 5.91 Å². The number of carbonyl (C=O) groups excluding carboxylic acids is 1. The van der Waals surface area contributed by atoms with E-state index in [0.29, 0.717) is 18.9 Å². The monoisotopic (exact) mass is 483 g/mol. The van der Waals surface area contributed by atoms with Gasteiger partial charge in [-0.3, -0.25) is 9.78 Å². The molecule has 6 nitrogen and oxygen atoms in total. The molecule has 34 heavy (non-hydrogen) atoms. The third kappa shape index (κ3) is 3.95. The number of hydrogen-bond acceptors (Lipinski definition) is 7. The molecule has 5 heterocycles. The fourth-order valence-electron chi connectivity index (χ4n) is 4.18. The second kappa shape index (κ2) is 8.96. The Hall–Kier alpha value is -3.62. The molecule has 0 N–H and O–H groups in total. The van der Waals surface area contributed by atoms with Gasteiger partial charge in [-0.1, -0.05) is 42.5 Å². The van der Waals surface area contributed by atoms with Crippen molar-refractivity contribution in [2.75, 3.05) is 31.1 Å². The fourth-order valence-corrected chi connectivity index (χ4v) is 5.90. The minimum absolute atomic E-state index is 0.110. The Bertz CT molecular complexity index is 1430. The molecule has 5 aromatic rings. The molecule has 1 aliphatic rings. The largest absolute Gasteiger partial charge is 0.352 e. The normalized spacial score (nSPS) is 14.0. The Morgan fingerprint density at radius 2 is 1.71 bits per heavy atom. The Morgan fingerprint density at radius 3 is 2.44 bits per heavy atom. The van der Waals surface area contributed by atoms with E-state index in [1.54, 1.807) is 17.5 Å². The highest BCUT2D eigenvalue weighted by molar-refractivity contribution is 7.22. The number of anilines is 1. The summed E-state index contributed by atoms with van der Waals surface area (Å²) in [5.74, 6) is 1.65. The summed E-state index contributed by atoms with van der Waals surface area (Å²) in [4.78, 5) is 34.2. The molecule has 0 radical (unpaired) electrons. The lowest BCUT2D eigenvalue weighted by molar-refractivity contribution is 0.0751. The first-order valence-corrected chi connectivity index (χ1v) is 12.8. The second-order valence-electron chi connectivity index (χ2n) is 8.04. The molecule has 0 spiro atoms. The molecule has 1 aromatic carbocycles. The molecule has 0 saturated carbocycles. The van der Waals surface area contributed by atoms with E-state index in [1.807, 2.05) is 46.7 Å². The molecule has 4 aromatic heterocycles. The molecule has 0 bridgehead atoms. The van der Waals surface area contributed by atoms with Crippen molar-refractivity contribution in [2.45, 2.75) is 0 Å². The summed E-state index contributed by atoms with van der Waals surface area (Å²) >= 11 is 3.17. The van der Waals surface area contributed by atoms with Gasteiger partial charge in [-0.2, -0.15) is 0 Å². The number of pyridine rings is 1. The van der Waals surface area contributed by atoms with Crippen molar-refractivity contribution in [3.05, 3.63) is 83.2 Å². The molecular weight excluding hydrogens is 462 g/mol. The number of carbonyl (C=O) groups is 1. The second-order valence-corrected chi connectivity index (χ2v) is 10.0. The highest BCUT2D eigenvalue weighted by Crippen LogP contribution is 2.38. The van der Waals surface area contributed by atoms with Crippen LogP contribution in [0.2, 0.25) is 0 Å². The molecular formula is C26H21N5OS2. The van der Waals surface area contributed by atoms with Crippen LogP contribution in [0.3, 0.4) is 0 Å². The van der Waals surface area contributed by atoms with Crippen molar-refractivity contribution in [3.8, 4) is 22.0 Å². The topological polar surface area (TPSA) is 62.2 Å². The molecule has 1 amide bonds. The summed E-state index contributed by atoms with van der Waals surface area (Å²) in [6.07, 6.45) is 1.77. The lowest BCUT2D eigenvalue weighted by Crippen LogP contribution is -2.49. The number of aromatic nitrogens is 3. The van der Waals surface area contributed by atoms with E-state index in [9.17, 15) is 4.79 Å². The van der Waals surface area contributed by atoms with Crippen LogP contribution in [0.15, 0.2) is 78.3 Å². The highest BCUT2D eigenvalue weighted by Gasteiger charge is 2.26. The quantitative estimate of drug-likeness (QED) is 0.340. The lowest BCUT2D eigenvalue weighted by Gasteiger charge is -2.35. The van der Waals surface area contributed by atoms with Crippen LogP contribution in [0.4, 0.5) is 5.82 Å². The van der Waals surface area contributed by atoms with Gasteiger partial charge in [0.05, 0.1) is 10.3 Å². The van der Waals surface area contributed by atoms with Gasteiger partial charge in [0, 0.05) is 37.3 Å². The Labute approximate surface area is 205 Å². The Balaban J connectivity index is 1.37. The van der Waals surface area contributed by atoms with Crippen molar-refractivity contribution in [1.82, 2.24) is 19.9 Å².